The van der Waals surface area contributed by atoms with Gasteiger partial charge in [-0.1, -0.05) is 48.5 Å². The van der Waals surface area contributed by atoms with Gasteiger partial charge in [0.2, 0.25) is 0 Å². The molecule has 0 fully saturated rings. The van der Waals surface area contributed by atoms with E-state index in [1.54, 1.807) is 12.1 Å². The summed E-state index contributed by atoms with van der Waals surface area (Å²) in [7, 11) is 1.54. The quantitative estimate of drug-likeness (QED) is 0.616. The molecule has 1 aliphatic rings. The zero-order chi connectivity index (χ0) is 21.3. The van der Waals surface area contributed by atoms with Crippen LogP contribution in [0.4, 0.5) is 4.79 Å². The molecule has 4 rings (SSSR count). The van der Waals surface area contributed by atoms with E-state index in [0.717, 1.165) is 0 Å². The average molecular weight is 403 g/mol. The smallest absolute Gasteiger partial charge is 0.407 e. The molecule has 2 N–H and O–H groups in total. The normalized spacial score (nSPS) is 12.8. The lowest BCUT2D eigenvalue weighted by Crippen LogP contribution is -2.41. The fourth-order valence-electron chi connectivity index (χ4n) is 4.12. The fourth-order valence-corrected chi connectivity index (χ4v) is 4.12. The van der Waals surface area contributed by atoms with Gasteiger partial charge in [-0.2, -0.15) is 0 Å². The Morgan fingerprint density at radius 3 is 2.17 bits per heavy atom. The molecule has 0 heterocycles. The van der Waals surface area contributed by atoms with Crippen LogP contribution in [-0.2, 0) is 10.3 Å². The van der Waals surface area contributed by atoms with Crippen LogP contribution in [0.2, 0.25) is 0 Å². The molecule has 0 aromatic heterocycles. The van der Waals surface area contributed by atoms with E-state index in [0.29, 0.717) is 11.3 Å². The largest absolute Gasteiger partial charge is 0.507 e. The zero-order valence-electron chi connectivity index (χ0n) is 17.3. The summed E-state index contributed by atoms with van der Waals surface area (Å²) in [5.74, 6) is 0.604. The van der Waals surface area contributed by atoms with Gasteiger partial charge in [0.05, 0.1) is 12.6 Å². The number of rotatable bonds is 5. The first kappa shape index (κ1) is 19.8. The van der Waals surface area contributed by atoms with Gasteiger partial charge in [-0.3, -0.25) is 0 Å². The van der Waals surface area contributed by atoms with Gasteiger partial charge in [-0.15, -0.1) is 0 Å². The SMILES string of the molecule is COc1ccc(C(C)(C)NC(=O)OCC2c3ccccc3-c3ccccc32)c(O)c1. The fraction of sp³-hybridized carbons (Fsp3) is 0.240. The Labute approximate surface area is 176 Å². The number of benzene rings is 3. The summed E-state index contributed by atoms with van der Waals surface area (Å²) in [6, 6.07) is 21.4. The number of fused-ring (bicyclic) bond motifs is 3. The highest BCUT2D eigenvalue weighted by atomic mass is 16.5. The van der Waals surface area contributed by atoms with E-state index in [1.807, 2.05) is 38.1 Å². The highest BCUT2D eigenvalue weighted by Gasteiger charge is 2.31. The third-order valence-corrected chi connectivity index (χ3v) is 5.64. The maximum Gasteiger partial charge on any atom is 0.407 e. The molecule has 0 aliphatic heterocycles. The van der Waals surface area contributed by atoms with Crippen molar-refractivity contribution in [3.63, 3.8) is 0 Å². The van der Waals surface area contributed by atoms with E-state index in [9.17, 15) is 9.90 Å². The summed E-state index contributed by atoms with van der Waals surface area (Å²) in [5, 5.41) is 13.2. The van der Waals surface area contributed by atoms with Gasteiger partial charge in [0, 0.05) is 17.5 Å². The van der Waals surface area contributed by atoms with Crippen molar-refractivity contribution in [2.24, 2.45) is 0 Å². The maximum absolute atomic E-state index is 12.6. The van der Waals surface area contributed by atoms with Crippen molar-refractivity contribution in [1.82, 2.24) is 5.32 Å². The Kier molecular flexibility index (Phi) is 5.12. The molecule has 3 aromatic carbocycles. The number of hydrogen-bond acceptors (Lipinski definition) is 4. The van der Waals surface area contributed by atoms with Crippen LogP contribution in [-0.4, -0.2) is 24.9 Å². The molecule has 0 atom stereocenters. The van der Waals surface area contributed by atoms with Crippen LogP contribution in [0.3, 0.4) is 0 Å². The lowest BCUT2D eigenvalue weighted by Gasteiger charge is -2.27. The molecular formula is C25H25NO4. The molecule has 3 aromatic rings. The van der Waals surface area contributed by atoms with E-state index >= 15 is 0 Å². The van der Waals surface area contributed by atoms with Crippen molar-refractivity contribution in [3.8, 4) is 22.6 Å². The first-order chi connectivity index (χ1) is 14.4. The molecule has 5 nitrogen and oxygen atoms in total. The van der Waals surface area contributed by atoms with Gasteiger partial charge >= 0.3 is 6.09 Å². The molecule has 0 saturated heterocycles. The van der Waals surface area contributed by atoms with Crippen LogP contribution in [0, 0.1) is 0 Å². The Balaban J connectivity index is 1.48. The van der Waals surface area contributed by atoms with Gasteiger partial charge in [0.25, 0.3) is 0 Å². The average Bonchev–Trinajstić information content (AvgIpc) is 3.05. The summed E-state index contributed by atoms with van der Waals surface area (Å²) in [6.45, 7) is 3.87. The number of ether oxygens (including phenoxy) is 2. The van der Waals surface area contributed by atoms with Crippen molar-refractivity contribution < 1.29 is 19.4 Å². The number of phenols is 1. The summed E-state index contributed by atoms with van der Waals surface area (Å²) in [5.41, 5.74) is 4.46. The topological polar surface area (TPSA) is 67.8 Å². The van der Waals surface area contributed by atoms with Crippen LogP contribution in [0.1, 0.15) is 36.5 Å². The standard InChI is InChI=1S/C25H25NO4/c1-25(2,22-13-12-16(29-3)14-23(22)27)26-24(28)30-15-21-19-10-6-4-8-17(19)18-9-5-7-11-20(18)21/h4-14,21,27H,15H2,1-3H3,(H,26,28). The number of aromatic hydroxyl groups is 1. The third kappa shape index (κ3) is 3.59. The lowest BCUT2D eigenvalue weighted by molar-refractivity contribution is 0.132. The third-order valence-electron chi connectivity index (χ3n) is 5.64. The Morgan fingerprint density at radius 1 is 1.00 bits per heavy atom. The van der Waals surface area contributed by atoms with E-state index in [2.05, 4.69) is 29.6 Å². The molecule has 0 unspecified atom stereocenters. The lowest BCUT2D eigenvalue weighted by atomic mass is 9.93. The second-order valence-corrected chi connectivity index (χ2v) is 7.96. The summed E-state index contributed by atoms with van der Waals surface area (Å²) in [4.78, 5) is 12.6. The van der Waals surface area contributed by atoms with Crippen molar-refractivity contribution in [3.05, 3.63) is 83.4 Å². The van der Waals surface area contributed by atoms with Gasteiger partial charge in [-0.05, 0) is 48.2 Å². The molecule has 0 saturated carbocycles. The van der Waals surface area contributed by atoms with Gasteiger partial charge < -0.3 is 19.9 Å². The Hall–Kier alpha value is -3.47. The number of phenolic OH excluding ortho intramolecular Hbond substituents is 1. The minimum absolute atomic E-state index is 0.000603. The second-order valence-electron chi connectivity index (χ2n) is 7.96. The number of methoxy groups -OCH3 is 1. The minimum atomic E-state index is -0.821. The highest BCUT2D eigenvalue weighted by molar-refractivity contribution is 5.79. The molecule has 1 aliphatic carbocycles. The van der Waals surface area contributed by atoms with E-state index < -0.39 is 11.6 Å². The molecule has 30 heavy (non-hydrogen) atoms. The molecule has 154 valence electrons. The number of hydrogen-bond donors (Lipinski definition) is 2. The van der Waals surface area contributed by atoms with E-state index in [1.165, 1.54) is 35.4 Å². The number of amides is 1. The minimum Gasteiger partial charge on any atom is -0.507 e. The predicted octanol–water partition coefficient (Wildman–Crippen LogP) is 5.17. The van der Waals surface area contributed by atoms with Crippen molar-refractivity contribution in [2.45, 2.75) is 25.3 Å². The van der Waals surface area contributed by atoms with Crippen LogP contribution in [0.25, 0.3) is 11.1 Å². The van der Waals surface area contributed by atoms with Crippen molar-refractivity contribution >= 4 is 6.09 Å². The molecule has 1 amide bonds. The summed E-state index contributed by atoms with van der Waals surface area (Å²) < 4.78 is 10.8. The zero-order valence-corrected chi connectivity index (χ0v) is 17.3. The molecule has 0 spiro atoms. The highest BCUT2D eigenvalue weighted by Crippen LogP contribution is 2.44. The molecular weight excluding hydrogens is 378 g/mol. The summed E-state index contributed by atoms with van der Waals surface area (Å²) in [6.07, 6.45) is -0.530. The first-order valence-electron chi connectivity index (χ1n) is 9.91. The number of carbonyl (C=O) groups excluding carboxylic acids is 1. The van der Waals surface area contributed by atoms with Crippen LogP contribution in [0.15, 0.2) is 66.7 Å². The van der Waals surface area contributed by atoms with Crippen LogP contribution >= 0.6 is 0 Å². The number of alkyl carbamates (subject to hydrolysis) is 1. The molecule has 0 radical (unpaired) electrons. The van der Waals surface area contributed by atoms with Crippen molar-refractivity contribution in [2.75, 3.05) is 13.7 Å². The van der Waals surface area contributed by atoms with Crippen LogP contribution in [0.5, 0.6) is 11.5 Å². The Morgan fingerprint density at radius 2 is 1.60 bits per heavy atom. The number of nitrogens with one attached hydrogen (secondary N) is 1. The summed E-state index contributed by atoms with van der Waals surface area (Å²) >= 11 is 0. The van der Waals surface area contributed by atoms with Gasteiger partial charge in [-0.25, -0.2) is 4.79 Å². The van der Waals surface area contributed by atoms with Gasteiger partial charge in [0.1, 0.15) is 18.1 Å². The molecule has 5 heteroatoms. The van der Waals surface area contributed by atoms with Gasteiger partial charge in [0.15, 0.2) is 0 Å². The van der Waals surface area contributed by atoms with E-state index in [-0.39, 0.29) is 18.3 Å². The van der Waals surface area contributed by atoms with Crippen molar-refractivity contribution in [1.29, 1.82) is 0 Å². The van der Waals surface area contributed by atoms with E-state index in [4.69, 9.17) is 9.47 Å². The maximum atomic E-state index is 12.6. The monoisotopic (exact) mass is 403 g/mol. The Bertz CT molecular complexity index is 1040. The second kappa shape index (κ2) is 7.75. The predicted molar refractivity (Wildman–Crippen MR) is 116 cm³/mol. The molecule has 0 bridgehead atoms. The first-order valence-corrected chi connectivity index (χ1v) is 9.91. The number of carbonyl (C=O) groups is 1. The van der Waals surface area contributed by atoms with Crippen LogP contribution < -0.4 is 10.1 Å².